The van der Waals surface area contributed by atoms with E-state index in [1.54, 1.807) is 17.2 Å². The molecule has 38 heavy (non-hydrogen) atoms. The van der Waals surface area contributed by atoms with Crippen LogP contribution in [0.15, 0.2) is 59.8 Å². The molecule has 5 rings (SSSR count). The molecule has 3 aromatic rings. The van der Waals surface area contributed by atoms with Crippen molar-refractivity contribution in [1.29, 1.82) is 0 Å². The second kappa shape index (κ2) is 9.87. The fourth-order valence-corrected chi connectivity index (χ4v) is 5.84. The molecule has 15 heteroatoms. The van der Waals surface area contributed by atoms with E-state index in [1.165, 1.54) is 27.9 Å². The lowest BCUT2D eigenvalue weighted by Crippen LogP contribution is -2.48. The summed E-state index contributed by atoms with van der Waals surface area (Å²) in [6.07, 6.45) is -2.51. The maximum atomic E-state index is 15.1. The Kier molecular flexibility index (Phi) is 6.73. The predicted octanol–water partition coefficient (Wildman–Crippen LogP) is 2.97. The van der Waals surface area contributed by atoms with Crippen LogP contribution in [-0.4, -0.2) is 72.6 Å². The molecule has 0 spiro atoms. The first-order valence-corrected chi connectivity index (χ1v) is 13.0. The minimum atomic E-state index is -4.57. The number of carbonyl (C=O) groups is 1. The number of sulfonamides is 1. The second-order valence-electron chi connectivity index (χ2n) is 8.79. The highest BCUT2D eigenvalue weighted by Gasteiger charge is 2.35. The van der Waals surface area contributed by atoms with Gasteiger partial charge in [-0.2, -0.15) is 17.5 Å². The zero-order chi connectivity index (χ0) is 27.1. The summed E-state index contributed by atoms with van der Waals surface area (Å²) >= 11 is 0. The number of hydrogen-bond acceptors (Lipinski definition) is 7. The molecule has 10 nitrogen and oxygen atoms in total. The molecule has 0 unspecified atom stereocenters. The summed E-state index contributed by atoms with van der Waals surface area (Å²) in [5.41, 5.74) is -0.374. The van der Waals surface area contributed by atoms with Crippen LogP contribution in [0.25, 0.3) is 0 Å². The highest BCUT2D eigenvalue weighted by Crippen LogP contribution is 2.32. The molecule has 2 fully saturated rings. The van der Waals surface area contributed by atoms with Gasteiger partial charge in [0.05, 0.1) is 41.1 Å². The van der Waals surface area contributed by atoms with Crippen molar-refractivity contribution in [2.45, 2.75) is 23.7 Å². The van der Waals surface area contributed by atoms with E-state index in [2.05, 4.69) is 10.3 Å². The van der Waals surface area contributed by atoms with Crippen LogP contribution < -0.4 is 9.80 Å². The van der Waals surface area contributed by atoms with Gasteiger partial charge in [-0.05, 0) is 42.5 Å². The number of alkyl halides is 3. The molecule has 3 heterocycles. The third-order valence-electron chi connectivity index (χ3n) is 6.38. The minimum absolute atomic E-state index is 0.0208. The number of halogens is 4. The highest BCUT2D eigenvalue weighted by molar-refractivity contribution is 7.89. The van der Waals surface area contributed by atoms with Crippen LogP contribution >= 0.6 is 0 Å². The molecule has 202 valence electrons. The Balaban J connectivity index is 1.22. The van der Waals surface area contributed by atoms with E-state index in [9.17, 15) is 26.4 Å². The third kappa shape index (κ3) is 5.15. The van der Waals surface area contributed by atoms with Crippen molar-refractivity contribution in [3.8, 4) is 0 Å². The minimum Gasteiger partial charge on any atom is -0.442 e. The third-order valence-corrected chi connectivity index (χ3v) is 8.29. The van der Waals surface area contributed by atoms with Gasteiger partial charge in [0.2, 0.25) is 10.0 Å². The predicted molar refractivity (Wildman–Crippen MR) is 126 cm³/mol. The number of hydrogen-bond donors (Lipinski definition) is 0. The van der Waals surface area contributed by atoms with Crippen molar-refractivity contribution in [3.05, 3.63) is 66.2 Å². The Morgan fingerprint density at radius 3 is 2.34 bits per heavy atom. The van der Waals surface area contributed by atoms with Crippen molar-refractivity contribution < 1.29 is 35.5 Å². The maximum Gasteiger partial charge on any atom is 0.416 e. The Morgan fingerprint density at radius 2 is 1.74 bits per heavy atom. The van der Waals surface area contributed by atoms with E-state index >= 15 is 4.39 Å². The number of cyclic esters (lactones) is 1. The van der Waals surface area contributed by atoms with Gasteiger partial charge in [-0.3, -0.25) is 4.90 Å². The number of anilines is 2. The van der Waals surface area contributed by atoms with Crippen molar-refractivity contribution in [3.63, 3.8) is 0 Å². The lowest BCUT2D eigenvalue weighted by molar-refractivity contribution is -0.137. The van der Waals surface area contributed by atoms with Crippen LogP contribution in [0.5, 0.6) is 0 Å². The van der Waals surface area contributed by atoms with E-state index in [0.717, 1.165) is 28.6 Å². The molecule has 1 amide bonds. The molecular weight excluding hydrogens is 532 g/mol. The fraction of sp³-hybridized carbons (Fsp3) is 0.348. The lowest BCUT2D eigenvalue weighted by atomic mass is 10.2. The molecule has 1 atom stereocenters. The van der Waals surface area contributed by atoms with Crippen molar-refractivity contribution >= 4 is 27.5 Å². The van der Waals surface area contributed by atoms with Crippen molar-refractivity contribution in [2.24, 2.45) is 0 Å². The first-order valence-electron chi connectivity index (χ1n) is 11.6. The standard InChI is InChI=1S/C23H22F4N6O4S/c24-20-13-17(33-15-18(37-22(33)34)14-31-8-7-28-29-31)3-6-21(20)30-9-11-32(12-10-30)38(35,36)19-4-1-16(2-5-19)23(25,26)27/h1-8,13,18H,9-12,14-15H2/t18-/m0/s1. The number of piperazine rings is 1. The number of carbonyl (C=O) groups excluding carboxylic acids is 1. The summed E-state index contributed by atoms with van der Waals surface area (Å²) in [5.74, 6) is -0.589. The van der Waals surface area contributed by atoms with Crippen LogP contribution in [0.1, 0.15) is 5.56 Å². The summed E-state index contributed by atoms with van der Waals surface area (Å²) in [6, 6.07) is 7.65. The number of aromatic nitrogens is 3. The molecule has 2 aromatic carbocycles. The molecule has 2 aliphatic rings. The number of ether oxygens (including phenoxy) is 1. The van der Waals surface area contributed by atoms with Gasteiger partial charge in [0.1, 0.15) is 11.9 Å². The lowest BCUT2D eigenvalue weighted by Gasteiger charge is -2.35. The number of rotatable bonds is 6. The van der Waals surface area contributed by atoms with Gasteiger partial charge >= 0.3 is 12.3 Å². The van der Waals surface area contributed by atoms with Crippen LogP contribution in [0.4, 0.5) is 33.7 Å². The molecule has 2 saturated heterocycles. The molecule has 2 aliphatic heterocycles. The summed E-state index contributed by atoms with van der Waals surface area (Å²) in [6.45, 7) is 0.893. The van der Waals surface area contributed by atoms with Gasteiger partial charge in [-0.1, -0.05) is 5.21 Å². The topological polar surface area (TPSA) is 101 Å². The average molecular weight is 555 g/mol. The molecular formula is C23H22F4N6O4S. The quantitative estimate of drug-likeness (QED) is 0.432. The first-order chi connectivity index (χ1) is 18.0. The Labute approximate surface area is 215 Å². The number of amides is 1. The number of benzene rings is 2. The maximum absolute atomic E-state index is 15.1. The summed E-state index contributed by atoms with van der Waals surface area (Å²) in [5, 5.41) is 7.54. The van der Waals surface area contributed by atoms with E-state index < -0.39 is 39.8 Å². The van der Waals surface area contributed by atoms with E-state index in [4.69, 9.17) is 4.74 Å². The second-order valence-corrected chi connectivity index (χ2v) is 10.7. The van der Waals surface area contributed by atoms with Gasteiger partial charge in [-0.25, -0.2) is 22.3 Å². The first kappa shape index (κ1) is 25.9. The highest BCUT2D eigenvalue weighted by atomic mass is 32.2. The average Bonchev–Trinajstić information content (AvgIpc) is 3.53. The van der Waals surface area contributed by atoms with E-state index in [0.29, 0.717) is 12.2 Å². The van der Waals surface area contributed by atoms with Gasteiger partial charge in [0.15, 0.2) is 0 Å². The van der Waals surface area contributed by atoms with Crippen LogP contribution in [0, 0.1) is 5.82 Å². The summed E-state index contributed by atoms with van der Waals surface area (Å²) in [4.78, 5) is 15.1. The fourth-order valence-electron chi connectivity index (χ4n) is 4.42. The smallest absolute Gasteiger partial charge is 0.416 e. The molecule has 0 N–H and O–H groups in total. The molecule has 0 saturated carbocycles. The zero-order valence-electron chi connectivity index (χ0n) is 19.8. The van der Waals surface area contributed by atoms with Gasteiger partial charge in [0.25, 0.3) is 0 Å². The van der Waals surface area contributed by atoms with E-state index in [-0.39, 0.29) is 43.3 Å². The molecule has 0 aliphatic carbocycles. The van der Waals surface area contributed by atoms with Crippen LogP contribution in [0.2, 0.25) is 0 Å². The Hall–Kier alpha value is -3.72. The molecule has 1 aromatic heterocycles. The Bertz CT molecular complexity index is 1410. The van der Waals surface area contributed by atoms with E-state index in [1.807, 2.05) is 0 Å². The van der Waals surface area contributed by atoms with Crippen LogP contribution in [-0.2, 0) is 27.5 Å². The zero-order valence-corrected chi connectivity index (χ0v) is 20.6. The number of nitrogens with zero attached hydrogens (tertiary/aromatic N) is 6. The van der Waals surface area contributed by atoms with Crippen LogP contribution in [0.3, 0.4) is 0 Å². The monoisotopic (exact) mass is 554 g/mol. The summed E-state index contributed by atoms with van der Waals surface area (Å²) in [7, 11) is -4.01. The van der Waals surface area contributed by atoms with Gasteiger partial charge in [-0.15, -0.1) is 5.10 Å². The normalized spacial score (nSPS) is 19.2. The molecule has 0 radical (unpaired) electrons. The van der Waals surface area contributed by atoms with Crippen molar-refractivity contribution in [2.75, 3.05) is 42.5 Å². The Morgan fingerprint density at radius 1 is 1.03 bits per heavy atom. The largest absolute Gasteiger partial charge is 0.442 e. The van der Waals surface area contributed by atoms with Gasteiger partial charge < -0.3 is 9.64 Å². The SMILES string of the molecule is O=C1O[C@@H](Cn2ccnn2)CN1c1ccc(N2CCN(S(=O)(=O)c3ccc(C(F)(F)F)cc3)CC2)c(F)c1. The van der Waals surface area contributed by atoms with Gasteiger partial charge in [0, 0.05) is 32.4 Å². The van der Waals surface area contributed by atoms with Crippen molar-refractivity contribution in [1.82, 2.24) is 19.3 Å². The summed E-state index contributed by atoms with van der Waals surface area (Å²) < 4.78 is 87.3. The molecule has 0 bridgehead atoms.